The van der Waals surface area contributed by atoms with Crippen LogP contribution in [0.2, 0.25) is 0 Å². The van der Waals surface area contributed by atoms with Crippen molar-refractivity contribution in [1.82, 2.24) is 19.9 Å². The highest BCUT2D eigenvalue weighted by molar-refractivity contribution is 7.92. The molecule has 1 aliphatic rings. The molecule has 2 aromatic heterocycles. The van der Waals surface area contributed by atoms with Crippen molar-refractivity contribution < 1.29 is 22.7 Å². The number of sulfonamides is 1. The first-order chi connectivity index (χ1) is 18.3. The standard InChI is InChI=1S/C26H24N6O5S/c1-32-14-11-22-20(15-32)24(19-5-2-3-6-21(19)30-22)25(34)37-16-23(33)29-17-7-9-18(10-8-17)38(35,36)31-26-27-12-4-13-28-26/h2-10,12-13H,11,14-16H2,1H3,(H,29,33)(H,27,28,31). The van der Waals surface area contributed by atoms with E-state index in [4.69, 9.17) is 9.72 Å². The molecule has 0 fully saturated rings. The Labute approximate surface area is 218 Å². The van der Waals surface area contributed by atoms with E-state index in [0.29, 0.717) is 28.7 Å². The third-order valence-electron chi connectivity index (χ3n) is 6.02. The number of aromatic nitrogens is 3. The van der Waals surface area contributed by atoms with Gasteiger partial charge in [-0.1, -0.05) is 18.2 Å². The quantitative estimate of drug-likeness (QED) is 0.343. The molecular weight excluding hydrogens is 508 g/mol. The lowest BCUT2D eigenvalue weighted by atomic mass is 9.96. The number of rotatable bonds is 7. The van der Waals surface area contributed by atoms with E-state index < -0.39 is 28.5 Å². The third kappa shape index (κ3) is 5.45. The van der Waals surface area contributed by atoms with Gasteiger partial charge in [0.05, 0.1) is 16.0 Å². The molecule has 0 saturated heterocycles. The van der Waals surface area contributed by atoms with Gasteiger partial charge in [0, 0.05) is 54.2 Å². The number of carbonyl (C=O) groups is 2. The average molecular weight is 533 g/mol. The number of ether oxygens (including phenoxy) is 1. The van der Waals surface area contributed by atoms with Gasteiger partial charge in [0.1, 0.15) is 0 Å². The molecule has 1 amide bonds. The number of hydrogen-bond donors (Lipinski definition) is 2. The molecule has 1 aliphatic heterocycles. The maximum Gasteiger partial charge on any atom is 0.339 e. The molecule has 3 heterocycles. The lowest BCUT2D eigenvalue weighted by molar-refractivity contribution is -0.119. The first kappa shape index (κ1) is 25.2. The molecule has 4 aromatic rings. The second-order valence-corrected chi connectivity index (χ2v) is 10.4. The van der Waals surface area contributed by atoms with Gasteiger partial charge in [-0.05, 0) is 43.4 Å². The van der Waals surface area contributed by atoms with E-state index >= 15 is 0 Å². The Morgan fingerprint density at radius 2 is 1.76 bits per heavy atom. The monoisotopic (exact) mass is 532 g/mol. The number of anilines is 2. The molecule has 2 aromatic carbocycles. The van der Waals surface area contributed by atoms with Crippen molar-refractivity contribution in [2.75, 3.05) is 30.2 Å². The number of pyridine rings is 1. The first-order valence-electron chi connectivity index (χ1n) is 11.8. The molecule has 194 valence electrons. The molecule has 5 rings (SSSR count). The van der Waals surface area contributed by atoms with Crippen LogP contribution in [-0.4, -0.2) is 60.3 Å². The van der Waals surface area contributed by atoms with Gasteiger partial charge in [-0.2, -0.15) is 0 Å². The van der Waals surface area contributed by atoms with Crippen molar-refractivity contribution in [2.45, 2.75) is 17.9 Å². The van der Waals surface area contributed by atoms with Crippen LogP contribution >= 0.6 is 0 Å². The smallest absolute Gasteiger partial charge is 0.339 e. The Morgan fingerprint density at radius 1 is 1.03 bits per heavy atom. The normalized spacial score (nSPS) is 13.5. The molecular formula is C26H24N6O5S. The molecule has 38 heavy (non-hydrogen) atoms. The van der Waals surface area contributed by atoms with Crippen molar-refractivity contribution in [3.63, 3.8) is 0 Å². The maximum atomic E-state index is 13.2. The predicted octanol–water partition coefficient (Wildman–Crippen LogP) is 2.61. The van der Waals surface area contributed by atoms with Crippen LogP contribution in [0.4, 0.5) is 11.6 Å². The van der Waals surface area contributed by atoms with Crippen LogP contribution in [0.3, 0.4) is 0 Å². The molecule has 12 heteroatoms. The number of hydrogen-bond acceptors (Lipinski definition) is 9. The van der Waals surface area contributed by atoms with Crippen molar-refractivity contribution >= 4 is 44.4 Å². The average Bonchev–Trinajstić information content (AvgIpc) is 2.91. The lowest BCUT2D eigenvalue weighted by Crippen LogP contribution is -2.30. The highest BCUT2D eigenvalue weighted by atomic mass is 32.2. The van der Waals surface area contributed by atoms with E-state index in [1.54, 1.807) is 6.07 Å². The number of likely N-dealkylation sites (N-methyl/N-ethyl adjacent to an activating group) is 1. The van der Waals surface area contributed by atoms with Gasteiger partial charge in [0.25, 0.3) is 15.9 Å². The second kappa shape index (κ2) is 10.5. The Kier molecular flexibility index (Phi) is 6.99. The topological polar surface area (TPSA) is 143 Å². The second-order valence-electron chi connectivity index (χ2n) is 8.74. The fraction of sp³-hybridized carbons (Fsp3) is 0.192. The van der Waals surface area contributed by atoms with E-state index in [-0.39, 0.29) is 10.8 Å². The number of carbonyl (C=O) groups excluding carboxylic acids is 2. The summed E-state index contributed by atoms with van der Waals surface area (Å²) in [6, 6.07) is 14.5. The predicted molar refractivity (Wildman–Crippen MR) is 140 cm³/mol. The Morgan fingerprint density at radius 3 is 2.53 bits per heavy atom. The Balaban J connectivity index is 1.25. The summed E-state index contributed by atoms with van der Waals surface area (Å²) >= 11 is 0. The summed E-state index contributed by atoms with van der Waals surface area (Å²) < 4.78 is 32.7. The van der Waals surface area contributed by atoms with Crippen LogP contribution in [0.1, 0.15) is 21.6 Å². The zero-order chi connectivity index (χ0) is 26.7. The molecule has 0 atom stereocenters. The van der Waals surface area contributed by atoms with E-state index in [1.807, 2.05) is 31.3 Å². The van der Waals surface area contributed by atoms with E-state index in [1.165, 1.54) is 36.7 Å². The van der Waals surface area contributed by atoms with Gasteiger partial charge in [0.2, 0.25) is 5.95 Å². The summed E-state index contributed by atoms with van der Waals surface area (Å²) in [5.74, 6) is -1.21. The van der Waals surface area contributed by atoms with Crippen molar-refractivity contribution in [2.24, 2.45) is 0 Å². The molecule has 0 unspecified atom stereocenters. The molecule has 11 nitrogen and oxygen atoms in total. The summed E-state index contributed by atoms with van der Waals surface area (Å²) in [5, 5.41) is 3.29. The van der Waals surface area contributed by atoms with Crippen LogP contribution in [0.5, 0.6) is 0 Å². The van der Waals surface area contributed by atoms with Gasteiger partial charge < -0.3 is 15.0 Å². The van der Waals surface area contributed by atoms with Gasteiger partial charge >= 0.3 is 5.97 Å². The van der Waals surface area contributed by atoms with Gasteiger partial charge in [-0.25, -0.2) is 27.9 Å². The zero-order valence-corrected chi connectivity index (χ0v) is 21.2. The summed E-state index contributed by atoms with van der Waals surface area (Å²) in [6.07, 6.45) is 3.55. The molecule has 0 aliphatic carbocycles. The Bertz CT molecular complexity index is 1610. The fourth-order valence-corrected chi connectivity index (χ4v) is 5.16. The lowest BCUT2D eigenvalue weighted by Gasteiger charge is -2.26. The number of amides is 1. The summed E-state index contributed by atoms with van der Waals surface area (Å²) in [6.45, 7) is 0.892. The highest BCUT2D eigenvalue weighted by Crippen LogP contribution is 2.28. The summed E-state index contributed by atoms with van der Waals surface area (Å²) in [4.78, 5) is 40.2. The fourth-order valence-electron chi connectivity index (χ4n) is 4.21. The van der Waals surface area contributed by atoms with Crippen molar-refractivity contribution in [1.29, 1.82) is 0 Å². The molecule has 0 bridgehead atoms. The minimum absolute atomic E-state index is 0.0336. The number of nitrogens with one attached hydrogen (secondary N) is 2. The van der Waals surface area contributed by atoms with E-state index in [9.17, 15) is 18.0 Å². The van der Waals surface area contributed by atoms with E-state index in [2.05, 4.69) is 24.9 Å². The van der Waals surface area contributed by atoms with Crippen molar-refractivity contribution in [3.8, 4) is 0 Å². The van der Waals surface area contributed by atoms with Crippen LogP contribution in [0.25, 0.3) is 10.9 Å². The third-order valence-corrected chi connectivity index (χ3v) is 7.36. The SMILES string of the molecule is CN1CCc2nc3ccccc3c(C(=O)OCC(=O)Nc3ccc(S(=O)(=O)Nc4ncccn4)cc3)c2C1. The minimum atomic E-state index is -3.91. The maximum absolute atomic E-state index is 13.2. The minimum Gasteiger partial charge on any atom is -0.452 e. The van der Waals surface area contributed by atoms with Crippen LogP contribution < -0.4 is 10.0 Å². The van der Waals surface area contributed by atoms with Crippen LogP contribution in [0.15, 0.2) is 71.9 Å². The number of esters is 1. The summed E-state index contributed by atoms with van der Waals surface area (Å²) in [5.41, 5.74) is 3.15. The van der Waals surface area contributed by atoms with Crippen molar-refractivity contribution in [3.05, 3.63) is 83.8 Å². The molecule has 0 saturated carbocycles. The molecule has 0 radical (unpaired) electrons. The largest absolute Gasteiger partial charge is 0.452 e. The molecule has 0 spiro atoms. The highest BCUT2D eigenvalue weighted by Gasteiger charge is 2.26. The zero-order valence-electron chi connectivity index (χ0n) is 20.4. The number of nitrogens with zero attached hydrogens (tertiary/aromatic N) is 4. The van der Waals surface area contributed by atoms with Gasteiger partial charge in [-0.3, -0.25) is 9.78 Å². The van der Waals surface area contributed by atoms with Gasteiger partial charge in [0.15, 0.2) is 6.61 Å². The molecule has 2 N–H and O–H groups in total. The van der Waals surface area contributed by atoms with Gasteiger partial charge in [-0.15, -0.1) is 0 Å². The van der Waals surface area contributed by atoms with E-state index in [0.717, 1.165) is 24.2 Å². The first-order valence-corrected chi connectivity index (χ1v) is 13.2. The number of benzene rings is 2. The number of para-hydroxylation sites is 1. The number of fused-ring (bicyclic) bond motifs is 2. The Hall–Kier alpha value is -4.42. The van der Waals surface area contributed by atoms with Crippen LogP contribution in [0, 0.1) is 0 Å². The van der Waals surface area contributed by atoms with Crippen LogP contribution in [-0.2, 0) is 32.5 Å². The summed E-state index contributed by atoms with van der Waals surface area (Å²) in [7, 11) is -1.93.